The first kappa shape index (κ1) is 76.8. The van der Waals surface area contributed by atoms with Crippen molar-refractivity contribution in [3.05, 3.63) is 0 Å². The Morgan fingerprint density at radius 1 is 0.219 bits per heavy atom. The standard InChI is InChI=1S/2C24H50O5.C14H30O/c1-6-11-25-13-15-27-17-19-29-20-18-28-16-14-26-12-10-24(5)21-23(4)9-7-8-22(2)3;1-5-12-25-14-16-27-18-20-29-21-19-28-17-15-26-13-10-8-7-9-11-24(6-2)22-23(3)4;1-4-7-8-10-14(9-5-2)11-13-15-12-6-3/h22-24H,6-21H2,1-5H3;23-24H,5-22H2,1-4H3;14H,4-13H2,1-3H3. The molecule has 11 heteroatoms. The zero-order valence-corrected chi connectivity index (χ0v) is 51.1. The predicted octanol–water partition coefficient (Wildman–Crippen LogP) is 15.7. The summed E-state index contributed by atoms with van der Waals surface area (Å²) in [6, 6.07) is 0. The molecule has 0 bridgehead atoms. The van der Waals surface area contributed by atoms with Crippen LogP contribution in [0.4, 0.5) is 0 Å². The van der Waals surface area contributed by atoms with Gasteiger partial charge in [-0.05, 0) is 86.9 Å². The van der Waals surface area contributed by atoms with Crippen LogP contribution >= 0.6 is 0 Å². The highest BCUT2D eigenvalue weighted by Gasteiger charge is 2.11. The maximum absolute atomic E-state index is 5.70. The Kier molecular flexibility index (Phi) is 71.2. The Hall–Kier alpha value is -0.440. The van der Waals surface area contributed by atoms with Gasteiger partial charge in [-0.3, -0.25) is 0 Å². The molecule has 0 aliphatic rings. The highest BCUT2D eigenvalue weighted by Crippen LogP contribution is 2.23. The number of hydrogen-bond acceptors (Lipinski definition) is 11. The first-order valence-electron chi connectivity index (χ1n) is 31.0. The molecule has 0 aromatic heterocycles. The molecule has 4 unspecified atom stereocenters. The van der Waals surface area contributed by atoms with Crippen molar-refractivity contribution in [2.45, 2.75) is 224 Å². The van der Waals surface area contributed by atoms with Crippen LogP contribution in [0.1, 0.15) is 224 Å². The topological polar surface area (TPSA) is 102 Å². The van der Waals surface area contributed by atoms with Crippen molar-refractivity contribution >= 4 is 0 Å². The van der Waals surface area contributed by atoms with Crippen LogP contribution in [0.25, 0.3) is 0 Å². The lowest BCUT2D eigenvalue weighted by atomic mass is 9.90. The fourth-order valence-electron chi connectivity index (χ4n) is 8.50. The normalized spacial score (nSPS) is 13.2. The van der Waals surface area contributed by atoms with Gasteiger partial charge in [0.25, 0.3) is 0 Å². The number of ether oxygens (including phenoxy) is 11. The van der Waals surface area contributed by atoms with Gasteiger partial charge in [0.15, 0.2) is 0 Å². The molecular weight excluding hydrogens is 921 g/mol. The zero-order chi connectivity index (χ0) is 54.4. The largest absolute Gasteiger partial charge is 0.381 e. The maximum atomic E-state index is 5.70. The quantitative estimate of drug-likeness (QED) is 0.0544. The number of rotatable bonds is 58. The molecule has 0 saturated carbocycles. The summed E-state index contributed by atoms with van der Waals surface area (Å²) >= 11 is 0. The first-order valence-corrected chi connectivity index (χ1v) is 31.0. The lowest BCUT2D eigenvalue weighted by molar-refractivity contribution is -0.0117. The Balaban J connectivity index is -0.00000106. The van der Waals surface area contributed by atoms with E-state index in [9.17, 15) is 0 Å². The minimum absolute atomic E-state index is 0.599. The second-order valence-electron chi connectivity index (χ2n) is 21.3. The van der Waals surface area contributed by atoms with Crippen LogP contribution in [0, 0.1) is 35.5 Å². The molecule has 0 saturated heterocycles. The van der Waals surface area contributed by atoms with Gasteiger partial charge < -0.3 is 52.1 Å². The molecule has 0 rings (SSSR count). The van der Waals surface area contributed by atoms with Gasteiger partial charge in [0, 0.05) is 39.6 Å². The van der Waals surface area contributed by atoms with E-state index in [1.807, 2.05) is 0 Å². The van der Waals surface area contributed by atoms with E-state index in [0.717, 1.165) is 107 Å². The van der Waals surface area contributed by atoms with Crippen molar-refractivity contribution in [1.29, 1.82) is 0 Å². The minimum Gasteiger partial charge on any atom is -0.381 e. The third-order valence-corrected chi connectivity index (χ3v) is 12.7. The van der Waals surface area contributed by atoms with Crippen LogP contribution in [0.3, 0.4) is 0 Å². The molecule has 444 valence electrons. The highest BCUT2D eigenvalue weighted by molar-refractivity contribution is 4.63. The van der Waals surface area contributed by atoms with E-state index in [-0.39, 0.29) is 0 Å². The van der Waals surface area contributed by atoms with E-state index in [0.29, 0.717) is 106 Å². The molecule has 0 fully saturated rings. The predicted molar refractivity (Wildman–Crippen MR) is 310 cm³/mol. The Morgan fingerprint density at radius 3 is 1.00 bits per heavy atom. The van der Waals surface area contributed by atoms with Crippen LogP contribution in [-0.4, -0.2) is 145 Å². The van der Waals surface area contributed by atoms with Gasteiger partial charge in [-0.1, -0.05) is 173 Å². The van der Waals surface area contributed by atoms with Crippen LogP contribution in [0.2, 0.25) is 0 Å². The van der Waals surface area contributed by atoms with Gasteiger partial charge in [0.05, 0.1) is 106 Å². The fraction of sp³-hybridized carbons (Fsp3) is 1.00. The lowest BCUT2D eigenvalue weighted by Crippen LogP contribution is -2.14. The summed E-state index contributed by atoms with van der Waals surface area (Å²) in [5, 5.41) is 0. The number of unbranched alkanes of at least 4 members (excludes halogenated alkanes) is 5. The summed E-state index contributed by atoms with van der Waals surface area (Å²) < 4.78 is 60.4. The van der Waals surface area contributed by atoms with Gasteiger partial charge in [-0.25, -0.2) is 0 Å². The van der Waals surface area contributed by atoms with E-state index >= 15 is 0 Å². The molecule has 0 radical (unpaired) electrons. The van der Waals surface area contributed by atoms with Gasteiger partial charge in [-0.15, -0.1) is 0 Å². The molecule has 0 N–H and O–H groups in total. The third kappa shape index (κ3) is 71.6. The Labute approximate surface area is 455 Å². The summed E-state index contributed by atoms with van der Waals surface area (Å²) in [5.74, 6) is 5.06. The van der Waals surface area contributed by atoms with Crippen molar-refractivity contribution in [1.82, 2.24) is 0 Å². The van der Waals surface area contributed by atoms with Crippen molar-refractivity contribution in [3.63, 3.8) is 0 Å². The monoisotopic (exact) mass is 1050 g/mol. The maximum Gasteiger partial charge on any atom is 0.0701 e. The van der Waals surface area contributed by atoms with Crippen LogP contribution in [-0.2, 0) is 52.1 Å². The molecule has 0 heterocycles. The summed E-state index contributed by atoms with van der Waals surface area (Å²) in [7, 11) is 0. The average Bonchev–Trinajstić information content (AvgIpc) is 3.36. The third-order valence-electron chi connectivity index (χ3n) is 12.7. The molecular formula is C62H130O11. The van der Waals surface area contributed by atoms with Crippen molar-refractivity contribution in [2.24, 2.45) is 35.5 Å². The first-order chi connectivity index (χ1) is 35.6. The fourth-order valence-corrected chi connectivity index (χ4v) is 8.50. The molecule has 0 aromatic carbocycles. The average molecular weight is 1050 g/mol. The summed E-state index contributed by atoms with van der Waals surface area (Å²) in [6.07, 6.45) is 28.6. The zero-order valence-electron chi connectivity index (χ0n) is 51.1. The van der Waals surface area contributed by atoms with Gasteiger partial charge in [0.2, 0.25) is 0 Å². The summed E-state index contributed by atoms with van der Waals surface area (Å²) in [6.45, 7) is 42.5. The molecule has 73 heavy (non-hydrogen) atoms. The van der Waals surface area contributed by atoms with E-state index < -0.39 is 0 Å². The molecule has 11 nitrogen and oxygen atoms in total. The van der Waals surface area contributed by atoms with E-state index in [2.05, 4.69) is 83.1 Å². The molecule has 0 aliphatic heterocycles. The Bertz CT molecular complexity index is 944. The van der Waals surface area contributed by atoms with E-state index in [4.69, 9.17) is 52.1 Å². The van der Waals surface area contributed by atoms with Gasteiger partial charge in [-0.2, -0.15) is 0 Å². The van der Waals surface area contributed by atoms with Gasteiger partial charge >= 0.3 is 0 Å². The van der Waals surface area contributed by atoms with Crippen LogP contribution in [0.15, 0.2) is 0 Å². The minimum atomic E-state index is 0.599. The van der Waals surface area contributed by atoms with Crippen LogP contribution < -0.4 is 0 Å². The van der Waals surface area contributed by atoms with E-state index in [1.165, 1.54) is 109 Å². The second kappa shape index (κ2) is 67.7. The SMILES string of the molecule is CCCCCC(CCC)CCOCCC.CCCOCCOCCOCCOCCOCCC(C)CC(C)CCCC(C)C.CCCOCCOCCOCCOCCOCCCCCCC(CC)CC(C)C. The molecule has 0 aliphatic carbocycles. The van der Waals surface area contributed by atoms with Crippen molar-refractivity contribution < 1.29 is 52.1 Å². The molecule has 0 amide bonds. The van der Waals surface area contributed by atoms with Crippen molar-refractivity contribution in [3.8, 4) is 0 Å². The van der Waals surface area contributed by atoms with Gasteiger partial charge in [0.1, 0.15) is 0 Å². The summed E-state index contributed by atoms with van der Waals surface area (Å²) in [5.41, 5.74) is 0. The second-order valence-corrected chi connectivity index (χ2v) is 21.3. The molecule has 4 atom stereocenters. The molecule has 0 spiro atoms. The van der Waals surface area contributed by atoms with E-state index in [1.54, 1.807) is 0 Å². The summed E-state index contributed by atoms with van der Waals surface area (Å²) in [4.78, 5) is 0. The van der Waals surface area contributed by atoms with Crippen molar-refractivity contribution in [2.75, 3.05) is 145 Å². The smallest absolute Gasteiger partial charge is 0.0701 e. The number of hydrogen-bond donors (Lipinski definition) is 0. The highest BCUT2D eigenvalue weighted by atomic mass is 16.6. The lowest BCUT2D eigenvalue weighted by Gasteiger charge is -2.17. The molecule has 0 aromatic rings. The Morgan fingerprint density at radius 2 is 0.589 bits per heavy atom. The van der Waals surface area contributed by atoms with Crippen LogP contribution in [0.5, 0.6) is 0 Å².